The fraction of sp³-hybridized carbons (Fsp3) is 0.533. The van der Waals surface area contributed by atoms with Crippen LogP contribution in [-0.2, 0) is 6.54 Å². The zero-order valence-corrected chi connectivity index (χ0v) is 11.2. The molecule has 1 saturated heterocycles. The van der Waals surface area contributed by atoms with Crippen LogP contribution in [0.25, 0.3) is 10.9 Å². The Morgan fingerprint density at radius 1 is 1.39 bits per heavy atom. The fourth-order valence-electron chi connectivity index (χ4n) is 2.86. The van der Waals surface area contributed by atoms with Gasteiger partial charge in [0.1, 0.15) is 0 Å². The molecule has 2 unspecified atom stereocenters. The minimum absolute atomic E-state index is 0.524. The van der Waals surface area contributed by atoms with Crippen molar-refractivity contribution in [3.05, 3.63) is 30.0 Å². The van der Waals surface area contributed by atoms with Crippen molar-refractivity contribution in [2.24, 2.45) is 5.92 Å². The van der Waals surface area contributed by atoms with Gasteiger partial charge in [0.25, 0.3) is 0 Å². The summed E-state index contributed by atoms with van der Waals surface area (Å²) in [6, 6.07) is 7.28. The van der Waals surface area contributed by atoms with E-state index in [-0.39, 0.29) is 0 Å². The lowest BCUT2D eigenvalue weighted by Crippen LogP contribution is -2.31. The van der Waals surface area contributed by atoms with E-state index >= 15 is 0 Å². The molecule has 2 atom stereocenters. The first-order chi connectivity index (χ1) is 8.78. The van der Waals surface area contributed by atoms with Gasteiger partial charge >= 0.3 is 0 Å². The number of nitrogens with zero attached hydrogens (tertiary/aromatic N) is 2. The first-order valence-electron chi connectivity index (χ1n) is 6.96. The van der Waals surface area contributed by atoms with Gasteiger partial charge in [0.05, 0.1) is 11.7 Å². The van der Waals surface area contributed by atoms with Crippen molar-refractivity contribution >= 4 is 10.9 Å². The number of rotatable bonds is 2. The Bertz CT molecular complexity index is 536. The molecule has 1 N–H and O–H groups in total. The zero-order valence-electron chi connectivity index (χ0n) is 11.2. The lowest BCUT2D eigenvalue weighted by molar-refractivity contribution is 0.333. The first kappa shape index (κ1) is 11.7. The molecule has 1 aromatic heterocycles. The Hall–Kier alpha value is -1.35. The highest BCUT2D eigenvalue weighted by Gasteiger charge is 2.19. The molecular formula is C15H21N3. The van der Waals surface area contributed by atoms with Crippen molar-refractivity contribution in [3.8, 4) is 0 Å². The second-order valence-corrected chi connectivity index (χ2v) is 5.42. The van der Waals surface area contributed by atoms with Gasteiger partial charge in [0, 0.05) is 18.0 Å². The molecule has 1 aliphatic rings. The molecule has 0 bridgehead atoms. The van der Waals surface area contributed by atoms with Gasteiger partial charge in [-0.3, -0.25) is 4.68 Å². The van der Waals surface area contributed by atoms with E-state index in [0.717, 1.165) is 19.0 Å². The second kappa shape index (κ2) is 4.73. The summed E-state index contributed by atoms with van der Waals surface area (Å²) in [5, 5.41) is 9.31. The maximum absolute atomic E-state index is 4.41. The van der Waals surface area contributed by atoms with Crippen LogP contribution in [0.5, 0.6) is 0 Å². The van der Waals surface area contributed by atoms with Gasteiger partial charge in [-0.15, -0.1) is 0 Å². The first-order valence-corrected chi connectivity index (χ1v) is 6.96. The van der Waals surface area contributed by atoms with Gasteiger partial charge < -0.3 is 5.32 Å². The van der Waals surface area contributed by atoms with Gasteiger partial charge in [-0.25, -0.2) is 0 Å². The Morgan fingerprint density at radius 3 is 3.00 bits per heavy atom. The number of fused-ring (bicyclic) bond motifs is 1. The quantitative estimate of drug-likeness (QED) is 0.878. The average Bonchev–Trinajstić information content (AvgIpc) is 2.81. The molecule has 0 amide bonds. The molecule has 96 valence electrons. The summed E-state index contributed by atoms with van der Waals surface area (Å²) in [4.78, 5) is 0. The fourth-order valence-corrected chi connectivity index (χ4v) is 2.86. The molecule has 3 heteroatoms. The van der Waals surface area contributed by atoms with Crippen LogP contribution >= 0.6 is 0 Å². The molecule has 18 heavy (non-hydrogen) atoms. The van der Waals surface area contributed by atoms with Crippen molar-refractivity contribution in [2.75, 3.05) is 6.54 Å². The third-order valence-corrected chi connectivity index (χ3v) is 4.03. The second-order valence-electron chi connectivity index (χ2n) is 5.42. The number of hydrogen-bond donors (Lipinski definition) is 1. The predicted molar refractivity (Wildman–Crippen MR) is 74.5 cm³/mol. The summed E-state index contributed by atoms with van der Waals surface area (Å²) in [6.07, 6.45) is 4.55. The monoisotopic (exact) mass is 243 g/mol. The Balaban J connectivity index is 1.89. The average molecular weight is 243 g/mol. The van der Waals surface area contributed by atoms with Crippen LogP contribution in [0.3, 0.4) is 0 Å². The van der Waals surface area contributed by atoms with E-state index < -0.39 is 0 Å². The highest BCUT2D eigenvalue weighted by Crippen LogP contribution is 2.27. The minimum Gasteiger partial charge on any atom is -0.310 e. The van der Waals surface area contributed by atoms with Crippen LogP contribution in [0.15, 0.2) is 24.4 Å². The summed E-state index contributed by atoms with van der Waals surface area (Å²) in [7, 11) is 0. The maximum atomic E-state index is 4.41. The Labute approximate surface area is 108 Å². The SMILES string of the molecule is CCn1ncc2cc(C3CCC(C)CN3)ccc21. The molecule has 2 heterocycles. The number of nitrogens with one attached hydrogen (secondary N) is 1. The number of aromatic nitrogens is 2. The number of hydrogen-bond acceptors (Lipinski definition) is 2. The summed E-state index contributed by atoms with van der Waals surface area (Å²) >= 11 is 0. The minimum atomic E-state index is 0.524. The summed E-state index contributed by atoms with van der Waals surface area (Å²) < 4.78 is 2.05. The topological polar surface area (TPSA) is 29.9 Å². The highest BCUT2D eigenvalue weighted by molar-refractivity contribution is 5.79. The molecular weight excluding hydrogens is 222 g/mol. The van der Waals surface area contributed by atoms with Gasteiger partial charge in [-0.1, -0.05) is 13.0 Å². The normalized spacial score (nSPS) is 24.6. The van der Waals surface area contributed by atoms with Gasteiger partial charge in [-0.2, -0.15) is 5.10 Å². The van der Waals surface area contributed by atoms with Crippen molar-refractivity contribution in [1.29, 1.82) is 0 Å². The lowest BCUT2D eigenvalue weighted by Gasteiger charge is -2.28. The van der Waals surface area contributed by atoms with Gasteiger partial charge in [-0.05, 0) is 49.9 Å². The van der Waals surface area contributed by atoms with E-state index in [0.29, 0.717) is 6.04 Å². The van der Waals surface area contributed by atoms with Gasteiger partial charge in [0.15, 0.2) is 0 Å². The molecule has 1 fully saturated rings. The summed E-state index contributed by atoms with van der Waals surface area (Å²) in [6.45, 7) is 6.51. The van der Waals surface area contributed by atoms with E-state index in [1.165, 1.54) is 29.3 Å². The lowest BCUT2D eigenvalue weighted by atomic mass is 9.92. The number of benzene rings is 1. The van der Waals surface area contributed by atoms with Crippen molar-refractivity contribution in [3.63, 3.8) is 0 Å². The van der Waals surface area contributed by atoms with E-state index in [1.807, 2.05) is 6.20 Å². The predicted octanol–water partition coefficient (Wildman–Crippen LogP) is 3.12. The molecule has 0 spiro atoms. The Morgan fingerprint density at radius 2 is 2.28 bits per heavy atom. The molecule has 0 radical (unpaired) electrons. The molecule has 3 nitrogen and oxygen atoms in total. The number of aryl methyl sites for hydroxylation is 1. The smallest absolute Gasteiger partial charge is 0.0682 e. The highest BCUT2D eigenvalue weighted by atomic mass is 15.3. The molecule has 0 aliphatic carbocycles. The Kier molecular flexibility index (Phi) is 3.08. The van der Waals surface area contributed by atoms with Crippen molar-refractivity contribution in [1.82, 2.24) is 15.1 Å². The van der Waals surface area contributed by atoms with Crippen LogP contribution in [0, 0.1) is 5.92 Å². The van der Waals surface area contributed by atoms with Crippen LogP contribution in [0.4, 0.5) is 0 Å². The van der Waals surface area contributed by atoms with E-state index in [1.54, 1.807) is 0 Å². The van der Waals surface area contributed by atoms with Crippen LogP contribution < -0.4 is 5.32 Å². The zero-order chi connectivity index (χ0) is 12.5. The van der Waals surface area contributed by atoms with Crippen LogP contribution in [-0.4, -0.2) is 16.3 Å². The van der Waals surface area contributed by atoms with Gasteiger partial charge in [0.2, 0.25) is 0 Å². The summed E-state index contributed by atoms with van der Waals surface area (Å²) in [5.41, 5.74) is 2.65. The van der Waals surface area contributed by atoms with E-state index in [9.17, 15) is 0 Å². The van der Waals surface area contributed by atoms with E-state index in [2.05, 4.69) is 47.1 Å². The molecule has 0 saturated carbocycles. The molecule has 1 aliphatic heterocycles. The number of piperidine rings is 1. The van der Waals surface area contributed by atoms with Crippen LogP contribution in [0.1, 0.15) is 38.3 Å². The molecule has 1 aromatic carbocycles. The van der Waals surface area contributed by atoms with Crippen molar-refractivity contribution < 1.29 is 0 Å². The maximum Gasteiger partial charge on any atom is 0.0682 e. The van der Waals surface area contributed by atoms with E-state index in [4.69, 9.17) is 0 Å². The molecule has 3 rings (SSSR count). The van der Waals surface area contributed by atoms with Crippen LogP contribution in [0.2, 0.25) is 0 Å². The standard InChI is InChI=1S/C15H21N3/c1-3-18-15-7-5-12(8-13(15)10-17-18)14-6-4-11(2)9-16-14/h5,7-8,10-11,14,16H,3-4,6,9H2,1-2H3. The van der Waals surface area contributed by atoms with Crippen molar-refractivity contribution in [2.45, 2.75) is 39.3 Å². The third-order valence-electron chi connectivity index (χ3n) is 4.03. The largest absolute Gasteiger partial charge is 0.310 e. The third kappa shape index (κ3) is 2.03. The molecule has 2 aromatic rings. The summed E-state index contributed by atoms with van der Waals surface area (Å²) in [5.74, 6) is 0.813.